The molecule has 1 aliphatic heterocycles. The lowest BCUT2D eigenvalue weighted by molar-refractivity contribution is -0.116. The van der Waals surface area contributed by atoms with Gasteiger partial charge in [0.25, 0.3) is 0 Å². The maximum absolute atomic E-state index is 12.4. The summed E-state index contributed by atoms with van der Waals surface area (Å²) in [5.74, 6) is 0.114. The maximum Gasteiger partial charge on any atom is 0.161 e. The number of nitrogens with one attached hydrogen (secondary N) is 1. The minimum Gasteiger partial charge on any atom is -0.384 e. The van der Waals surface area contributed by atoms with Gasteiger partial charge in [-0.3, -0.25) is 4.79 Å². The van der Waals surface area contributed by atoms with Crippen molar-refractivity contribution >= 4 is 21.7 Å². The van der Waals surface area contributed by atoms with Crippen molar-refractivity contribution in [2.75, 3.05) is 0 Å². The summed E-state index contributed by atoms with van der Waals surface area (Å²) in [6, 6.07) is 9.85. The first kappa shape index (κ1) is 13.9. The van der Waals surface area contributed by atoms with Crippen LogP contribution >= 0.6 is 15.9 Å². The predicted octanol–water partition coefficient (Wildman–Crippen LogP) is 2.84. The largest absolute Gasteiger partial charge is 0.384 e. The summed E-state index contributed by atoms with van der Waals surface area (Å²) < 4.78 is 0.958. The van der Waals surface area contributed by atoms with Crippen LogP contribution in [0, 0.1) is 11.3 Å². The molecule has 0 spiro atoms. The van der Waals surface area contributed by atoms with Crippen LogP contribution in [0.3, 0.4) is 0 Å². The van der Waals surface area contributed by atoms with E-state index in [0.717, 1.165) is 28.6 Å². The number of Topliss-reactive ketones (excluding diaryl/α,β-unsaturated/α-hetero) is 1. The molecule has 3 rings (SSSR count). The number of allylic oxidation sites excluding steroid dienone is 3. The van der Waals surface area contributed by atoms with Crippen LogP contribution in [0.2, 0.25) is 0 Å². The highest BCUT2D eigenvalue weighted by Gasteiger charge is 2.36. The summed E-state index contributed by atoms with van der Waals surface area (Å²) in [5.41, 5.74) is 8.91. The molecular weight excluding hydrogens is 330 g/mol. The van der Waals surface area contributed by atoms with Crippen LogP contribution in [0.4, 0.5) is 0 Å². The van der Waals surface area contributed by atoms with E-state index in [9.17, 15) is 10.1 Å². The minimum atomic E-state index is -0.354. The molecule has 1 aliphatic carbocycles. The number of dihydropyridines is 1. The molecule has 0 saturated heterocycles. The number of nitrogens with zero attached hydrogens (tertiary/aromatic N) is 1. The second kappa shape index (κ2) is 5.38. The summed E-state index contributed by atoms with van der Waals surface area (Å²) in [5, 5.41) is 12.5. The molecule has 1 unspecified atom stereocenters. The third-order valence-electron chi connectivity index (χ3n) is 3.93. The smallest absolute Gasteiger partial charge is 0.161 e. The second-order valence-corrected chi connectivity index (χ2v) is 6.13. The number of hydrogen-bond acceptors (Lipinski definition) is 4. The quantitative estimate of drug-likeness (QED) is 0.821. The van der Waals surface area contributed by atoms with E-state index in [4.69, 9.17) is 5.73 Å². The highest BCUT2D eigenvalue weighted by atomic mass is 79.9. The molecule has 0 amide bonds. The Labute approximate surface area is 131 Å². The Bertz CT molecular complexity index is 710. The van der Waals surface area contributed by atoms with Crippen LogP contribution in [-0.4, -0.2) is 5.78 Å². The zero-order valence-electron chi connectivity index (χ0n) is 11.3. The standard InChI is InChI=1S/C16H14BrN3O/c17-10-6-4-9(5-7-10)14-11(8-18)16(19)20-12-2-1-3-13(21)15(12)14/h4-7,14,20H,1-3,19H2. The predicted molar refractivity (Wildman–Crippen MR) is 82.7 cm³/mol. The Balaban J connectivity index is 2.17. The number of nitriles is 1. The van der Waals surface area contributed by atoms with Gasteiger partial charge in [0.15, 0.2) is 5.78 Å². The number of nitrogens with two attached hydrogens (primary N) is 1. The van der Waals surface area contributed by atoms with E-state index in [1.807, 2.05) is 24.3 Å². The van der Waals surface area contributed by atoms with Crippen molar-refractivity contribution in [2.24, 2.45) is 5.73 Å². The molecule has 0 aromatic heterocycles. The fourth-order valence-electron chi connectivity index (χ4n) is 2.97. The SMILES string of the molecule is N#CC1=C(N)NC2=C(C(=O)CCC2)C1c1ccc(Br)cc1. The third-order valence-corrected chi connectivity index (χ3v) is 4.46. The molecule has 0 radical (unpaired) electrons. The molecule has 1 aromatic carbocycles. The van der Waals surface area contributed by atoms with Crippen LogP contribution in [0.25, 0.3) is 0 Å². The van der Waals surface area contributed by atoms with Gasteiger partial charge in [0.1, 0.15) is 5.82 Å². The molecule has 1 atom stereocenters. The van der Waals surface area contributed by atoms with Crippen LogP contribution in [-0.2, 0) is 4.79 Å². The first-order chi connectivity index (χ1) is 10.1. The monoisotopic (exact) mass is 343 g/mol. The molecule has 1 heterocycles. The van der Waals surface area contributed by atoms with Gasteiger partial charge in [-0.15, -0.1) is 0 Å². The van der Waals surface area contributed by atoms with Gasteiger partial charge in [-0.05, 0) is 30.5 Å². The normalized spacial score (nSPS) is 21.7. The molecule has 0 bridgehead atoms. The van der Waals surface area contributed by atoms with E-state index in [0.29, 0.717) is 23.4 Å². The fraction of sp³-hybridized carbons (Fsp3) is 0.250. The molecule has 5 heteroatoms. The van der Waals surface area contributed by atoms with Gasteiger partial charge in [-0.1, -0.05) is 28.1 Å². The van der Waals surface area contributed by atoms with Crippen molar-refractivity contribution in [3.8, 4) is 6.07 Å². The molecule has 0 saturated carbocycles. The van der Waals surface area contributed by atoms with Crippen molar-refractivity contribution in [2.45, 2.75) is 25.2 Å². The third kappa shape index (κ3) is 2.36. The summed E-state index contributed by atoms with van der Waals surface area (Å²) in [4.78, 5) is 12.4. The number of ketones is 1. The zero-order valence-corrected chi connectivity index (χ0v) is 12.9. The van der Waals surface area contributed by atoms with E-state index in [1.54, 1.807) is 0 Å². The minimum absolute atomic E-state index is 0.108. The van der Waals surface area contributed by atoms with Crippen LogP contribution in [0.15, 0.2) is 51.4 Å². The fourth-order valence-corrected chi connectivity index (χ4v) is 3.24. The zero-order chi connectivity index (χ0) is 15.0. The lowest BCUT2D eigenvalue weighted by Crippen LogP contribution is -2.35. The first-order valence-corrected chi connectivity index (χ1v) is 7.59. The number of hydrogen-bond donors (Lipinski definition) is 2. The summed E-state index contributed by atoms with van der Waals surface area (Å²) in [7, 11) is 0. The average molecular weight is 344 g/mol. The summed E-state index contributed by atoms with van der Waals surface area (Å²) in [6.07, 6.45) is 2.16. The average Bonchev–Trinajstić information content (AvgIpc) is 2.47. The van der Waals surface area contributed by atoms with Gasteiger partial charge in [0, 0.05) is 22.2 Å². The Morgan fingerprint density at radius 2 is 2.00 bits per heavy atom. The van der Waals surface area contributed by atoms with Gasteiger partial charge in [0.05, 0.1) is 17.6 Å². The molecule has 4 nitrogen and oxygen atoms in total. The molecular formula is C16H14BrN3O. The van der Waals surface area contributed by atoms with E-state index >= 15 is 0 Å². The lowest BCUT2D eigenvalue weighted by atomic mass is 9.76. The summed E-state index contributed by atoms with van der Waals surface area (Å²) >= 11 is 3.40. The molecule has 0 fully saturated rings. The maximum atomic E-state index is 12.4. The lowest BCUT2D eigenvalue weighted by Gasteiger charge is -2.32. The topological polar surface area (TPSA) is 78.9 Å². The van der Waals surface area contributed by atoms with Crippen molar-refractivity contribution < 1.29 is 4.79 Å². The summed E-state index contributed by atoms with van der Waals surface area (Å²) in [6.45, 7) is 0. The van der Waals surface area contributed by atoms with Crippen LogP contribution in [0.1, 0.15) is 30.7 Å². The number of carbonyl (C=O) groups is 1. The molecule has 1 aromatic rings. The van der Waals surface area contributed by atoms with Crippen molar-refractivity contribution in [1.29, 1.82) is 5.26 Å². The van der Waals surface area contributed by atoms with Crippen LogP contribution < -0.4 is 11.1 Å². The van der Waals surface area contributed by atoms with Crippen molar-refractivity contribution in [3.05, 3.63) is 57.0 Å². The molecule has 3 N–H and O–H groups in total. The number of halogens is 1. The molecule has 2 aliphatic rings. The van der Waals surface area contributed by atoms with Crippen molar-refractivity contribution in [3.63, 3.8) is 0 Å². The highest BCUT2D eigenvalue weighted by molar-refractivity contribution is 9.10. The molecule has 106 valence electrons. The van der Waals surface area contributed by atoms with Gasteiger partial charge >= 0.3 is 0 Å². The molecule has 21 heavy (non-hydrogen) atoms. The Hall–Kier alpha value is -2.06. The number of benzene rings is 1. The van der Waals surface area contributed by atoms with E-state index in [2.05, 4.69) is 27.3 Å². The first-order valence-electron chi connectivity index (χ1n) is 6.80. The second-order valence-electron chi connectivity index (χ2n) is 5.22. The van der Waals surface area contributed by atoms with E-state index in [-0.39, 0.29) is 11.7 Å². The van der Waals surface area contributed by atoms with Crippen LogP contribution in [0.5, 0.6) is 0 Å². The van der Waals surface area contributed by atoms with Crippen molar-refractivity contribution in [1.82, 2.24) is 5.32 Å². The Kier molecular flexibility index (Phi) is 3.56. The van der Waals surface area contributed by atoms with Gasteiger partial charge in [0.2, 0.25) is 0 Å². The number of carbonyl (C=O) groups excluding carboxylic acids is 1. The number of rotatable bonds is 1. The van der Waals surface area contributed by atoms with Gasteiger partial charge in [-0.25, -0.2) is 0 Å². The van der Waals surface area contributed by atoms with Gasteiger partial charge in [-0.2, -0.15) is 5.26 Å². The Morgan fingerprint density at radius 1 is 1.29 bits per heavy atom. The van der Waals surface area contributed by atoms with E-state index < -0.39 is 0 Å². The Morgan fingerprint density at radius 3 is 2.67 bits per heavy atom. The highest BCUT2D eigenvalue weighted by Crippen LogP contribution is 2.41. The van der Waals surface area contributed by atoms with E-state index in [1.165, 1.54) is 0 Å². The van der Waals surface area contributed by atoms with Gasteiger partial charge < -0.3 is 11.1 Å².